The minimum Gasteiger partial charge on any atom is -0.330 e. The largest absolute Gasteiger partial charge is 0.330 e. The third kappa shape index (κ3) is 3.65. The molecule has 2 rings (SSSR count). The van der Waals surface area contributed by atoms with Gasteiger partial charge in [0, 0.05) is 12.4 Å². The molecule has 0 spiro atoms. The fourth-order valence-electron chi connectivity index (χ4n) is 2.49. The number of nitrogens with zero attached hydrogens (tertiary/aromatic N) is 1. The number of aromatic nitrogens is 1. The molecular formula is C17H22N2. The van der Waals surface area contributed by atoms with Gasteiger partial charge in [-0.25, -0.2) is 0 Å². The standard InChI is InChI=1S/C17H22N2/c1-13-3-4-14(2)17(11-13)16(12-18)6-5-15-7-9-19-10-8-15/h3-4,7-11,16H,5-6,12,18H2,1-2H3. The van der Waals surface area contributed by atoms with Crippen molar-refractivity contribution < 1.29 is 0 Å². The Hall–Kier alpha value is -1.67. The van der Waals surface area contributed by atoms with Crippen molar-refractivity contribution in [1.29, 1.82) is 0 Å². The van der Waals surface area contributed by atoms with Crippen molar-refractivity contribution in [3.05, 3.63) is 65.0 Å². The number of benzene rings is 1. The molecule has 0 radical (unpaired) electrons. The van der Waals surface area contributed by atoms with Crippen LogP contribution in [0.2, 0.25) is 0 Å². The summed E-state index contributed by atoms with van der Waals surface area (Å²) < 4.78 is 0. The zero-order valence-corrected chi connectivity index (χ0v) is 11.8. The van der Waals surface area contributed by atoms with Crippen molar-refractivity contribution in [1.82, 2.24) is 4.98 Å². The highest BCUT2D eigenvalue weighted by Crippen LogP contribution is 2.24. The number of aryl methyl sites for hydroxylation is 3. The zero-order valence-electron chi connectivity index (χ0n) is 11.8. The number of rotatable bonds is 5. The van der Waals surface area contributed by atoms with Crippen LogP contribution in [0.25, 0.3) is 0 Å². The van der Waals surface area contributed by atoms with E-state index in [1.54, 1.807) is 0 Å². The Labute approximate surface area is 115 Å². The second-order valence-electron chi connectivity index (χ2n) is 5.19. The van der Waals surface area contributed by atoms with Gasteiger partial charge in [0.15, 0.2) is 0 Å². The molecule has 0 aliphatic rings. The average Bonchev–Trinajstić information content (AvgIpc) is 2.44. The molecule has 100 valence electrons. The lowest BCUT2D eigenvalue weighted by molar-refractivity contribution is 0.630. The van der Waals surface area contributed by atoms with Crippen molar-refractivity contribution in [3.8, 4) is 0 Å². The number of pyridine rings is 1. The highest BCUT2D eigenvalue weighted by atomic mass is 14.6. The first-order valence-electron chi connectivity index (χ1n) is 6.87. The molecule has 2 aromatic rings. The number of hydrogen-bond donors (Lipinski definition) is 1. The summed E-state index contributed by atoms with van der Waals surface area (Å²) in [4.78, 5) is 4.05. The molecule has 0 saturated heterocycles. The van der Waals surface area contributed by atoms with Crippen molar-refractivity contribution in [3.63, 3.8) is 0 Å². The van der Waals surface area contributed by atoms with Gasteiger partial charge in [0.2, 0.25) is 0 Å². The Morgan fingerprint density at radius 1 is 1.11 bits per heavy atom. The first-order valence-corrected chi connectivity index (χ1v) is 6.87. The summed E-state index contributed by atoms with van der Waals surface area (Å²) in [6.07, 6.45) is 5.85. The highest BCUT2D eigenvalue weighted by molar-refractivity contribution is 5.33. The van der Waals surface area contributed by atoms with Crippen LogP contribution >= 0.6 is 0 Å². The van der Waals surface area contributed by atoms with Crippen LogP contribution in [0.3, 0.4) is 0 Å². The molecule has 1 unspecified atom stereocenters. The van der Waals surface area contributed by atoms with Gasteiger partial charge in [-0.15, -0.1) is 0 Å². The molecule has 2 nitrogen and oxygen atoms in total. The maximum atomic E-state index is 5.98. The van der Waals surface area contributed by atoms with Crippen LogP contribution in [-0.2, 0) is 6.42 Å². The maximum absolute atomic E-state index is 5.98. The SMILES string of the molecule is Cc1ccc(C)c(C(CN)CCc2ccncc2)c1. The van der Waals surface area contributed by atoms with E-state index in [9.17, 15) is 0 Å². The molecule has 2 heteroatoms. The van der Waals surface area contributed by atoms with Gasteiger partial charge < -0.3 is 5.73 Å². The Bertz CT molecular complexity index is 520. The monoisotopic (exact) mass is 254 g/mol. The van der Waals surface area contributed by atoms with Gasteiger partial charge in [-0.3, -0.25) is 4.98 Å². The van der Waals surface area contributed by atoms with E-state index in [2.05, 4.69) is 49.2 Å². The van der Waals surface area contributed by atoms with Crippen LogP contribution in [0.4, 0.5) is 0 Å². The fraction of sp³-hybridized carbons (Fsp3) is 0.353. The minimum absolute atomic E-state index is 0.438. The molecule has 0 aliphatic carbocycles. The van der Waals surface area contributed by atoms with Gasteiger partial charge in [-0.2, -0.15) is 0 Å². The molecule has 1 heterocycles. The van der Waals surface area contributed by atoms with Crippen LogP contribution in [0.1, 0.15) is 34.6 Å². The van der Waals surface area contributed by atoms with Crippen molar-refractivity contribution in [2.75, 3.05) is 6.54 Å². The van der Waals surface area contributed by atoms with Gasteiger partial charge in [-0.05, 0) is 68.0 Å². The molecule has 0 amide bonds. The normalized spacial score (nSPS) is 12.4. The van der Waals surface area contributed by atoms with Crippen LogP contribution in [0.15, 0.2) is 42.7 Å². The van der Waals surface area contributed by atoms with E-state index in [0.717, 1.165) is 12.8 Å². The van der Waals surface area contributed by atoms with E-state index in [1.807, 2.05) is 12.4 Å². The molecule has 2 N–H and O–H groups in total. The van der Waals surface area contributed by atoms with Gasteiger partial charge in [0.05, 0.1) is 0 Å². The van der Waals surface area contributed by atoms with Crippen molar-refractivity contribution >= 4 is 0 Å². The molecule has 1 aromatic heterocycles. The number of nitrogens with two attached hydrogens (primary N) is 1. The molecule has 1 atom stereocenters. The lowest BCUT2D eigenvalue weighted by Crippen LogP contribution is -2.14. The smallest absolute Gasteiger partial charge is 0.0270 e. The lowest BCUT2D eigenvalue weighted by atomic mass is 9.89. The summed E-state index contributed by atoms with van der Waals surface area (Å²) >= 11 is 0. The Morgan fingerprint density at radius 2 is 1.84 bits per heavy atom. The molecule has 0 bridgehead atoms. The van der Waals surface area contributed by atoms with Crippen LogP contribution in [-0.4, -0.2) is 11.5 Å². The third-order valence-corrected chi connectivity index (χ3v) is 3.69. The van der Waals surface area contributed by atoms with Gasteiger partial charge >= 0.3 is 0 Å². The molecular weight excluding hydrogens is 232 g/mol. The number of hydrogen-bond acceptors (Lipinski definition) is 2. The highest BCUT2D eigenvalue weighted by Gasteiger charge is 2.12. The summed E-state index contributed by atoms with van der Waals surface area (Å²) in [5.74, 6) is 0.438. The van der Waals surface area contributed by atoms with Crippen molar-refractivity contribution in [2.45, 2.75) is 32.6 Å². The van der Waals surface area contributed by atoms with E-state index >= 15 is 0 Å². The van der Waals surface area contributed by atoms with E-state index in [4.69, 9.17) is 5.73 Å². The molecule has 19 heavy (non-hydrogen) atoms. The predicted octanol–water partition coefficient (Wildman–Crippen LogP) is 3.37. The summed E-state index contributed by atoms with van der Waals surface area (Å²) in [5, 5.41) is 0. The van der Waals surface area contributed by atoms with Crippen LogP contribution in [0.5, 0.6) is 0 Å². The maximum Gasteiger partial charge on any atom is 0.0270 e. The topological polar surface area (TPSA) is 38.9 Å². The van der Waals surface area contributed by atoms with Gasteiger partial charge in [0.25, 0.3) is 0 Å². The summed E-state index contributed by atoms with van der Waals surface area (Å²) in [6.45, 7) is 5.01. The first-order chi connectivity index (χ1) is 9.20. The Morgan fingerprint density at radius 3 is 2.53 bits per heavy atom. The Kier molecular flexibility index (Phi) is 4.69. The zero-order chi connectivity index (χ0) is 13.7. The molecule has 0 fully saturated rings. The van der Waals surface area contributed by atoms with Gasteiger partial charge in [0.1, 0.15) is 0 Å². The second kappa shape index (κ2) is 6.48. The summed E-state index contributed by atoms with van der Waals surface area (Å²) in [5.41, 5.74) is 11.4. The molecule has 1 aromatic carbocycles. The van der Waals surface area contributed by atoms with E-state index < -0.39 is 0 Å². The average molecular weight is 254 g/mol. The van der Waals surface area contributed by atoms with E-state index in [0.29, 0.717) is 12.5 Å². The lowest BCUT2D eigenvalue weighted by Gasteiger charge is -2.18. The first kappa shape index (κ1) is 13.8. The molecule has 0 aliphatic heterocycles. The Balaban J connectivity index is 2.10. The van der Waals surface area contributed by atoms with Crippen LogP contribution in [0, 0.1) is 13.8 Å². The van der Waals surface area contributed by atoms with E-state index in [1.165, 1.54) is 22.3 Å². The van der Waals surface area contributed by atoms with E-state index in [-0.39, 0.29) is 0 Å². The van der Waals surface area contributed by atoms with Crippen LogP contribution < -0.4 is 5.73 Å². The second-order valence-corrected chi connectivity index (χ2v) is 5.19. The predicted molar refractivity (Wildman–Crippen MR) is 80.3 cm³/mol. The van der Waals surface area contributed by atoms with Gasteiger partial charge in [-0.1, -0.05) is 23.8 Å². The minimum atomic E-state index is 0.438. The van der Waals surface area contributed by atoms with Crippen molar-refractivity contribution in [2.24, 2.45) is 5.73 Å². The fourth-order valence-corrected chi connectivity index (χ4v) is 2.49. The summed E-state index contributed by atoms with van der Waals surface area (Å²) in [6, 6.07) is 10.8. The summed E-state index contributed by atoms with van der Waals surface area (Å²) in [7, 11) is 0. The quantitative estimate of drug-likeness (QED) is 0.888. The molecule has 0 saturated carbocycles. The third-order valence-electron chi connectivity index (χ3n) is 3.69.